The van der Waals surface area contributed by atoms with E-state index in [0.717, 1.165) is 17.1 Å². The second kappa shape index (κ2) is 7.71. The lowest BCUT2D eigenvalue weighted by Crippen LogP contribution is -2.51. The summed E-state index contributed by atoms with van der Waals surface area (Å²) >= 11 is 0. The summed E-state index contributed by atoms with van der Waals surface area (Å²) < 4.78 is 20.7. The van der Waals surface area contributed by atoms with E-state index < -0.39 is 5.97 Å². The number of halogens is 1. The molecule has 1 aromatic heterocycles. The highest BCUT2D eigenvalue weighted by molar-refractivity contribution is 5.94. The van der Waals surface area contributed by atoms with E-state index in [1.807, 2.05) is 12.3 Å². The molecule has 2 aliphatic rings. The number of esters is 1. The number of carbonyl (C=O) groups is 2. The Hall–Kier alpha value is -3.81. The monoisotopic (exact) mass is 434 g/mol. The lowest BCUT2D eigenvalue weighted by molar-refractivity contribution is 0.0600. The third-order valence-electron chi connectivity index (χ3n) is 6.27. The second-order valence-corrected chi connectivity index (χ2v) is 8.12. The van der Waals surface area contributed by atoms with Crippen LogP contribution in [0.25, 0.3) is 5.69 Å². The number of benzene rings is 2. The van der Waals surface area contributed by atoms with Crippen LogP contribution in [0.15, 0.2) is 60.8 Å². The zero-order valence-corrected chi connectivity index (χ0v) is 17.6. The van der Waals surface area contributed by atoms with Gasteiger partial charge in [-0.15, -0.1) is 0 Å². The Balaban J connectivity index is 1.31. The molecule has 32 heavy (non-hydrogen) atoms. The molecule has 1 fully saturated rings. The Bertz CT molecular complexity index is 1200. The first-order valence-corrected chi connectivity index (χ1v) is 10.5. The SMILES string of the molecule is COC(=O)c1cccc(NC(=O)N2CCC3(CC2)Nc2cc(F)ccc2-n2cccc23)c1. The molecule has 0 atom stereocenters. The molecule has 8 heteroatoms. The van der Waals surface area contributed by atoms with E-state index in [2.05, 4.69) is 21.3 Å². The van der Waals surface area contributed by atoms with Gasteiger partial charge >= 0.3 is 12.0 Å². The molecule has 3 heterocycles. The van der Waals surface area contributed by atoms with Gasteiger partial charge in [0.25, 0.3) is 0 Å². The molecule has 3 aromatic rings. The fourth-order valence-corrected chi connectivity index (χ4v) is 4.64. The molecule has 164 valence electrons. The molecule has 1 saturated heterocycles. The number of piperidine rings is 1. The van der Waals surface area contributed by atoms with E-state index in [-0.39, 0.29) is 17.4 Å². The Labute approximate surface area is 184 Å². The number of hydrogen-bond acceptors (Lipinski definition) is 4. The van der Waals surface area contributed by atoms with Gasteiger partial charge in [0.05, 0.1) is 29.6 Å². The molecule has 0 radical (unpaired) electrons. The number of nitrogens with one attached hydrogen (secondary N) is 2. The summed E-state index contributed by atoms with van der Waals surface area (Å²) in [7, 11) is 1.32. The summed E-state index contributed by atoms with van der Waals surface area (Å²) in [6, 6.07) is 15.3. The van der Waals surface area contributed by atoms with Crippen molar-refractivity contribution in [3.63, 3.8) is 0 Å². The number of methoxy groups -OCH3 is 1. The number of urea groups is 1. The van der Waals surface area contributed by atoms with Gasteiger partial charge in [-0.05, 0) is 61.4 Å². The topological polar surface area (TPSA) is 75.6 Å². The molecule has 1 spiro atoms. The minimum Gasteiger partial charge on any atom is -0.465 e. The highest BCUT2D eigenvalue weighted by atomic mass is 19.1. The van der Waals surface area contributed by atoms with E-state index in [4.69, 9.17) is 4.74 Å². The molecule has 2 aliphatic heterocycles. The number of rotatable bonds is 2. The zero-order valence-electron chi connectivity index (χ0n) is 17.6. The molecule has 0 aliphatic carbocycles. The maximum atomic E-state index is 13.9. The van der Waals surface area contributed by atoms with Crippen molar-refractivity contribution in [1.82, 2.24) is 9.47 Å². The van der Waals surface area contributed by atoms with Crippen molar-refractivity contribution in [3.05, 3.63) is 77.9 Å². The van der Waals surface area contributed by atoms with Crippen LogP contribution in [-0.4, -0.2) is 41.7 Å². The highest BCUT2D eigenvalue weighted by Gasteiger charge is 2.42. The van der Waals surface area contributed by atoms with Crippen LogP contribution in [0, 0.1) is 5.82 Å². The average Bonchev–Trinajstić information content (AvgIpc) is 3.30. The van der Waals surface area contributed by atoms with Crippen LogP contribution in [0.1, 0.15) is 28.9 Å². The van der Waals surface area contributed by atoms with Crippen LogP contribution in [0.2, 0.25) is 0 Å². The first-order chi connectivity index (χ1) is 15.5. The Morgan fingerprint density at radius 1 is 1.09 bits per heavy atom. The first-order valence-electron chi connectivity index (χ1n) is 10.5. The summed E-state index contributed by atoms with van der Waals surface area (Å²) in [6.45, 7) is 1.07. The van der Waals surface area contributed by atoms with Crippen molar-refractivity contribution in [1.29, 1.82) is 0 Å². The second-order valence-electron chi connectivity index (χ2n) is 8.12. The number of fused-ring (bicyclic) bond motifs is 4. The van der Waals surface area contributed by atoms with E-state index in [1.54, 1.807) is 35.2 Å². The lowest BCUT2D eigenvalue weighted by atomic mass is 9.82. The lowest BCUT2D eigenvalue weighted by Gasteiger charge is -2.46. The van der Waals surface area contributed by atoms with Crippen LogP contribution >= 0.6 is 0 Å². The fourth-order valence-electron chi connectivity index (χ4n) is 4.64. The van der Waals surface area contributed by atoms with Crippen LogP contribution < -0.4 is 10.6 Å². The molecule has 0 unspecified atom stereocenters. The van der Waals surface area contributed by atoms with Crippen LogP contribution in [0.3, 0.4) is 0 Å². The fraction of sp³-hybridized carbons (Fsp3) is 0.250. The van der Waals surface area contributed by atoms with Crippen molar-refractivity contribution < 1.29 is 18.7 Å². The quantitative estimate of drug-likeness (QED) is 0.588. The Kier molecular flexibility index (Phi) is 4.84. The van der Waals surface area contributed by atoms with Crippen LogP contribution in [0.4, 0.5) is 20.6 Å². The highest BCUT2D eigenvalue weighted by Crippen LogP contribution is 2.43. The zero-order chi connectivity index (χ0) is 22.3. The van der Waals surface area contributed by atoms with Gasteiger partial charge in [-0.25, -0.2) is 14.0 Å². The van der Waals surface area contributed by atoms with Crippen molar-refractivity contribution >= 4 is 23.4 Å². The number of aromatic nitrogens is 1. The maximum absolute atomic E-state index is 13.9. The number of carbonyl (C=O) groups excluding carboxylic acids is 2. The largest absolute Gasteiger partial charge is 0.465 e. The van der Waals surface area contributed by atoms with Crippen molar-refractivity contribution in [2.45, 2.75) is 18.4 Å². The standard InChI is InChI=1S/C24H23FN4O3/c1-32-22(30)16-4-2-5-18(14-16)26-23(31)28-12-9-24(10-13-28)21-6-3-11-29(21)20-8-7-17(25)15-19(20)27-24/h2-8,11,14-15,27H,9-10,12-13H2,1H3,(H,26,31). The normalized spacial score (nSPS) is 16.0. The Morgan fingerprint density at radius 3 is 2.69 bits per heavy atom. The van der Waals surface area contributed by atoms with Gasteiger partial charge in [0, 0.05) is 30.7 Å². The minimum atomic E-state index is -0.455. The maximum Gasteiger partial charge on any atom is 0.337 e. The summed E-state index contributed by atoms with van der Waals surface area (Å²) in [6.07, 6.45) is 3.35. The van der Waals surface area contributed by atoms with Crippen LogP contribution in [0.5, 0.6) is 0 Å². The van der Waals surface area contributed by atoms with Gasteiger partial charge in [0.2, 0.25) is 0 Å². The number of hydrogen-bond donors (Lipinski definition) is 2. The van der Waals surface area contributed by atoms with E-state index in [9.17, 15) is 14.0 Å². The predicted molar refractivity (Wildman–Crippen MR) is 119 cm³/mol. The molecular formula is C24H23FN4O3. The van der Waals surface area contributed by atoms with Gasteiger partial charge < -0.3 is 24.8 Å². The molecule has 2 amide bonds. The molecule has 0 bridgehead atoms. The molecule has 2 N–H and O–H groups in total. The van der Waals surface area contributed by atoms with E-state index in [1.165, 1.54) is 19.2 Å². The molecule has 5 rings (SSSR count). The van der Waals surface area contributed by atoms with Crippen molar-refractivity contribution in [2.24, 2.45) is 0 Å². The van der Waals surface area contributed by atoms with Crippen LogP contribution in [-0.2, 0) is 10.3 Å². The van der Waals surface area contributed by atoms with Gasteiger partial charge in [-0.1, -0.05) is 6.07 Å². The Morgan fingerprint density at radius 2 is 1.91 bits per heavy atom. The van der Waals surface area contributed by atoms with Gasteiger partial charge in [-0.2, -0.15) is 0 Å². The molecule has 7 nitrogen and oxygen atoms in total. The number of likely N-dealkylation sites (tertiary alicyclic amines) is 1. The number of amides is 2. The number of nitrogens with zero attached hydrogens (tertiary/aromatic N) is 2. The predicted octanol–water partition coefficient (Wildman–Crippen LogP) is 4.35. The molecular weight excluding hydrogens is 411 g/mol. The third-order valence-corrected chi connectivity index (χ3v) is 6.27. The molecule has 2 aromatic carbocycles. The average molecular weight is 434 g/mol. The van der Waals surface area contributed by atoms with E-state index in [0.29, 0.717) is 37.2 Å². The van der Waals surface area contributed by atoms with Gasteiger partial charge in [-0.3, -0.25) is 0 Å². The van der Waals surface area contributed by atoms with Crippen molar-refractivity contribution in [3.8, 4) is 5.69 Å². The number of ether oxygens (including phenoxy) is 1. The summed E-state index contributed by atoms with van der Waals surface area (Å²) in [4.78, 5) is 26.3. The first kappa shape index (κ1) is 20.1. The third kappa shape index (κ3) is 3.37. The molecule has 0 saturated carbocycles. The van der Waals surface area contributed by atoms with Gasteiger partial charge in [0.15, 0.2) is 0 Å². The minimum absolute atomic E-state index is 0.223. The number of anilines is 2. The van der Waals surface area contributed by atoms with Crippen molar-refractivity contribution in [2.75, 3.05) is 30.8 Å². The van der Waals surface area contributed by atoms with Gasteiger partial charge in [0.1, 0.15) is 5.82 Å². The summed E-state index contributed by atoms with van der Waals surface area (Å²) in [5, 5.41) is 6.42. The summed E-state index contributed by atoms with van der Waals surface area (Å²) in [5.41, 5.74) is 3.33. The van der Waals surface area contributed by atoms with E-state index >= 15 is 0 Å². The smallest absolute Gasteiger partial charge is 0.337 e. The summed E-state index contributed by atoms with van der Waals surface area (Å²) in [5.74, 6) is -0.739.